The van der Waals surface area contributed by atoms with Crippen LogP contribution in [0.3, 0.4) is 0 Å². The standard InChI is InChI=1S/C24H20ClN3O4/c1-15-7-8-16(2)20(13-15)27-22(29)23(30)28-26-14-18-5-3-4-6-21(18)32-24(31)17-9-11-19(25)12-10-17/h3-14H,1-2H3,(H,27,29)(H,28,30)/b26-14+. The van der Waals surface area contributed by atoms with Crippen LogP contribution in [0.15, 0.2) is 71.8 Å². The third-order valence-corrected chi connectivity index (χ3v) is 4.67. The second kappa shape index (κ2) is 10.4. The maximum absolute atomic E-state index is 12.3. The molecule has 0 saturated carbocycles. The van der Waals surface area contributed by atoms with Gasteiger partial charge in [-0.1, -0.05) is 35.9 Å². The average molecular weight is 450 g/mol. The fourth-order valence-corrected chi connectivity index (χ4v) is 2.81. The summed E-state index contributed by atoms with van der Waals surface area (Å²) in [6, 6.07) is 18.5. The number of esters is 1. The van der Waals surface area contributed by atoms with Crippen molar-refractivity contribution in [2.45, 2.75) is 13.8 Å². The zero-order valence-electron chi connectivity index (χ0n) is 17.4. The van der Waals surface area contributed by atoms with Gasteiger partial charge in [0.1, 0.15) is 5.75 Å². The number of halogens is 1. The minimum absolute atomic E-state index is 0.241. The van der Waals surface area contributed by atoms with E-state index in [0.717, 1.165) is 11.1 Å². The molecule has 32 heavy (non-hydrogen) atoms. The van der Waals surface area contributed by atoms with Gasteiger partial charge in [-0.15, -0.1) is 0 Å². The minimum atomic E-state index is -0.933. The number of para-hydroxylation sites is 1. The first-order chi connectivity index (χ1) is 15.3. The van der Waals surface area contributed by atoms with Gasteiger partial charge in [0, 0.05) is 16.3 Å². The van der Waals surface area contributed by atoms with Crippen LogP contribution < -0.4 is 15.5 Å². The smallest absolute Gasteiger partial charge is 0.343 e. The summed E-state index contributed by atoms with van der Waals surface area (Å²) in [6.07, 6.45) is 1.29. The number of hydrogen-bond acceptors (Lipinski definition) is 5. The van der Waals surface area contributed by atoms with Crippen LogP contribution in [0.4, 0.5) is 5.69 Å². The molecule has 0 bridgehead atoms. The van der Waals surface area contributed by atoms with E-state index in [4.69, 9.17) is 16.3 Å². The van der Waals surface area contributed by atoms with Crippen molar-refractivity contribution in [3.05, 3.63) is 94.0 Å². The van der Waals surface area contributed by atoms with E-state index in [1.54, 1.807) is 54.6 Å². The van der Waals surface area contributed by atoms with E-state index >= 15 is 0 Å². The normalized spacial score (nSPS) is 10.6. The maximum atomic E-state index is 12.3. The number of nitrogens with one attached hydrogen (secondary N) is 2. The topological polar surface area (TPSA) is 96.9 Å². The summed E-state index contributed by atoms with van der Waals surface area (Å²) in [6.45, 7) is 3.71. The van der Waals surface area contributed by atoms with Crippen LogP contribution in [0.25, 0.3) is 0 Å². The van der Waals surface area contributed by atoms with Crippen molar-refractivity contribution in [1.82, 2.24) is 5.43 Å². The maximum Gasteiger partial charge on any atom is 0.343 e. The molecule has 0 aromatic heterocycles. The SMILES string of the molecule is Cc1ccc(C)c(NC(=O)C(=O)N/N=C/c2ccccc2OC(=O)c2ccc(Cl)cc2)c1. The van der Waals surface area contributed by atoms with Gasteiger partial charge < -0.3 is 10.1 Å². The minimum Gasteiger partial charge on any atom is -0.422 e. The van der Waals surface area contributed by atoms with Gasteiger partial charge in [0.15, 0.2) is 0 Å². The van der Waals surface area contributed by atoms with Crippen molar-refractivity contribution in [1.29, 1.82) is 0 Å². The number of nitrogens with zero attached hydrogens (tertiary/aromatic N) is 1. The number of ether oxygens (including phenoxy) is 1. The fourth-order valence-electron chi connectivity index (χ4n) is 2.69. The molecule has 3 aromatic rings. The summed E-state index contributed by atoms with van der Waals surface area (Å²) in [5.74, 6) is -2.11. The Morgan fingerprint density at radius 2 is 1.66 bits per heavy atom. The molecule has 3 rings (SSSR count). The van der Waals surface area contributed by atoms with Gasteiger partial charge in [0.25, 0.3) is 0 Å². The van der Waals surface area contributed by atoms with E-state index in [-0.39, 0.29) is 5.75 Å². The molecule has 0 aliphatic rings. The van der Waals surface area contributed by atoms with Crippen LogP contribution in [0, 0.1) is 13.8 Å². The highest BCUT2D eigenvalue weighted by molar-refractivity contribution is 6.39. The molecule has 0 unspecified atom stereocenters. The summed E-state index contributed by atoms with van der Waals surface area (Å²) < 4.78 is 5.41. The average Bonchev–Trinajstić information content (AvgIpc) is 2.77. The summed E-state index contributed by atoms with van der Waals surface area (Å²) >= 11 is 5.83. The summed E-state index contributed by atoms with van der Waals surface area (Å²) in [7, 11) is 0. The Morgan fingerprint density at radius 3 is 2.41 bits per heavy atom. The summed E-state index contributed by atoms with van der Waals surface area (Å²) in [5, 5.41) is 6.86. The molecule has 0 radical (unpaired) electrons. The number of anilines is 1. The molecule has 8 heteroatoms. The molecule has 0 aliphatic carbocycles. The Bertz CT molecular complexity index is 1190. The zero-order chi connectivity index (χ0) is 23.1. The Kier molecular flexibility index (Phi) is 7.36. The van der Waals surface area contributed by atoms with Gasteiger partial charge in [-0.2, -0.15) is 5.10 Å². The quantitative estimate of drug-likeness (QED) is 0.200. The highest BCUT2D eigenvalue weighted by Gasteiger charge is 2.15. The molecular weight excluding hydrogens is 430 g/mol. The molecule has 0 saturated heterocycles. The lowest BCUT2D eigenvalue weighted by Gasteiger charge is -2.08. The largest absolute Gasteiger partial charge is 0.422 e. The lowest BCUT2D eigenvalue weighted by Crippen LogP contribution is -2.32. The Labute approximate surface area is 190 Å². The van der Waals surface area contributed by atoms with E-state index < -0.39 is 17.8 Å². The van der Waals surface area contributed by atoms with Gasteiger partial charge in [-0.05, 0) is 67.4 Å². The van der Waals surface area contributed by atoms with Crippen molar-refractivity contribution in [3.8, 4) is 5.75 Å². The molecule has 2 amide bonds. The highest BCUT2D eigenvalue weighted by Crippen LogP contribution is 2.19. The monoisotopic (exact) mass is 449 g/mol. The predicted molar refractivity (Wildman–Crippen MR) is 123 cm³/mol. The molecule has 0 fully saturated rings. The number of amides is 2. The van der Waals surface area contributed by atoms with Gasteiger partial charge >= 0.3 is 17.8 Å². The summed E-state index contributed by atoms with van der Waals surface area (Å²) in [5.41, 5.74) is 5.27. The number of aryl methyl sites for hydroxylation is 2. The van der Waals surface area contributed by atoms with Gasteiger partial charge in [0.05, 0.1) is 11.8 Å². The predicted octanol–water partition coefficient (Wildman–Crippen LogP) is 4.26. The zero-order valence-corrected chi connectivity index (χ0v) is 18.1. The van der Waals surface area contributed by atoms with Crippen LogP contribution in [0.2, 0.25) is 5.02 Å². The molecule has 0 aliphatic heterocycles. The summed E-state index contributed by atoms with van der Waals surface area (Å²) in [4.78, 5) is 36.6. The fraction of sp³-hybridized carbons (Fsp3) is 0.0833. The first kappa shape index (κ1) is 22.7. The molecule has 3 aromatic carbocycles. The van der Waals surface area contributed by atoms with Crippen molar-refractivity contribution < 1.29 is 19.1 Å². The second-order valence-electron chi connectivity index (χ2n) is 6.91. The third-order valence-electron chi connectivity index (χ3n) is 4.42. The van der Waals surface area contributed by atoms with Gasteiger partial charge in [0.2, 0.25) is 0 Å². The molecule has 162 valence electrons. The molecule has 0 spiro atoms. The van der Waals surface area contributed by atoms with E-state index in [9.17, 15) is 14.4 Å². The molecular formula is C24H20ClN3O4. The van der Waals surface area contributed by atoms with Crippen molar-refractivity contribution in [2.24, 2.45) is 5.10 Å². The third kappa shape index (κ3) is 6.02. The Morgan fingerprint density at radius 1 is 0.938 bits per heavy atom. The molecule has 2 N–H and O–H groups in total. The van der Waals surface area contributed by atoms with E-state index in [1.807, 2.05) is 26.0 Å². The van der Waals surface area contributed by atoms with E-state index in [0.29, 0.717) is 21.8 Å². The van der Waals surface area contributed by atoms with E-state index in [1.165, 1.54) is 6.21 Å². The van der Waals surface area contributed by atoms with Crippen LogP contribution in [-0.4, -0.2) is 24.0 Å². The van der Waals surface area contributed by atoms with Crippen LogP contribution in [0.5, 0.6) is 5.75 Å². The highest BCUT2D eigenvalue weighted by atomic mass is 35.5. The van der Waals surface area contributed by atoms with Crippen LogP contribution >= 0.6 is 11.6 Å². The first-order valence-electron chi connectivity index (χ1n) is 9.62. The number of benzene rings is 3. The first-order valence-corrected chi connectivity index (χ1v) is 9.99. The van der Waals surface area contributed by atoms with Gasteiger partial charge in [-0.25, -0.2) is 10.2 Å². The Balaban J connectivity index is 1.63. The molecule has 0 heterocycles. The molecule has 0 atom stereocenters. The number of hydrogen-bond donors (Lipinski definition) is 2. The van der Waals surface area contributed by atoms with Crippen molar-refractivity contribution in [3.63, 3.8) is 0 Å². The van der Waals surface area contributed by atoms with E-state index in [2.05, 4.69) is 15.8 Å². The molecule has 7 nitrogen and oxygen atoms in total. The van der Waals surface area contributed by atoms with Crippen molar-refractivity contribution in [2.75, 3.05) is 5.32 Å². The van der Waals surface area contributed by atoms with Gasteiger partial charge in [-0.3, -0.25) is 9.59 Å². The lowest BCUT2D eigenvalue weighted by atomic mass is 10.1. The van der Waals surface area contributed by atoms with Crippen LogP contribution in [0.1, 0.15) is 27.0 Å². The number of hydrazone groups is 1. The lowest BCUT2D eigenvalue weighted by molar-refractivity contribution is -0.136. The van der Waals surface area contributed by atoms with Crippen LogP contribution in [-0.2, 0) is 9.59 Å². The number of rotatable bonds is 5. The number of carbonyl (C=O) groups excluding carboxylic acids is 3. The Hall–Kier alpha value is -3.97. The second-order valence-corrected chi connectivity index (χ2v) is 7.34. The number of carbonyl (C=O) groups is 3. The van der Waals surface area contributed by atoms with Crippen molar-refractivity contribution >= 4 is 41.3 Å².